The predicted molar refractivity (Wildman–Crippen MR) is 66.8 cm³/mol. The monoisotopic (exact) mass is 219 g/mol. The number of nitrogens with zero attached hydrogens (tertiary/aromatic N) is 1. The first-order valence-corrected chi connectivity index (χ1v) is 6.17. The van der Waals surface area contributed by atoms with Gasteiger partial charge in [-0.3, -0.25) is 4.90 Å². The minimum atomic E-state index is 0.519. The molecular formula is C14H21NO. The zero-order valence-corrected chi connectivity index (χ0v) is 10.2. The summed E-state index contributed by atoms with van der Waals surface area (Å²) in [6.07, 6.45) is 1.33. The number of hydrogen-bond donors (Lipinski definition) is 0. The molecule has 2 heteroatoms. The smallest absolute Gasteiger partial charge is 0.119 e. The summed E-state index contributed by atoms with van der Waals surface area (Å²) in [7, 11) is 0. The first-order valence-electron chi connectivity index (χ1n) is 6.17. The fourth-order valence-corrected chi connectivity index (χ4v) is 2.21. The molecular weight excluding hydrogens is 198 g/mol. The highest BCUT2D eigenvalue weighted by Crippen LogP contribution is 2.18. The molecule has 0 radical (unpaired) electrons. The molecule has 0 N–H and O–H groups in total. The van der Waals surface area contributed by atoms with E-state index in [0.717, 1.165) is 18.3 Å². The van der Waals surface area contributed by atoms with Gasteiger partial charge < -0.3 is 4.74 Å². The molecule has 1 saturated heterocycles. The molecule has 0 spiro atoms. The Labute approximate surface area is 98.2 Å². The van der Waals surface area contributed by atoms with Gasteiger partial charge in [-0.1, -0.05) is 25.1 Å². The number of rotatable bonds is 4. The fraction of sp³-hybridized carbons (Fsp3) is 0.571. The van der Waals surface area contributed by atoms with Crippen LogP contribution in [0.4, 0.5) is 0 Å². The minimum Gasteiger partial charge on any atom is -0.492 e. The van der Waals surface area contributed by atoms with Crippen LogP contribution in [0, 0.1) is 5.92 Å². The number of para-hydroxylation sites is 1. The highest BCUT2D eigenvalue weighted by Gasteiger charge is 2.23. The lowest BCUT2D eigenvalue weighted by molar-refractivity contribution is 0.169. The Hall–Kier alpha value is -1.02. The summed E-state index contributed by atoms with van der Waals surface area (Å²) in [5, 5.41) is 0. The highest BCUT2D eigenvalue weighted by atomic mass is 16.5. The van der Waals surface area contributed by atoms with Crippen LogP contribution in [0.5, 0.6) is 5.75 Å². The number of likely N-dealkylation sites (tertiary alicyclic amines) is 1. The number of ether oxygens (including phenoxy) is 1. The maximum Gasteiger partial charge on any atom is 0.119 e. The van der Waals surface area contributed by atoms with Gasteiger partial charge in [-0.15, -0.1) is 0 Å². The average molecular weight is 219 g/mol. The number of benzene rings is 1. The second-order valence-corrected chi connectivity index (χ2v) is 4.86. The maximum atomic E-state index is 5.77. The van der Waals surface area contributed by atoms with Crippen LogP contribution in [0.3, 0.4) is 0 Å². The van der Waals surface area contributed by atoms with E-state index in [9.17, 15) is 0 Å². The van der Waals surface area contributed by atoms with Gasteiger partial charge in [0.25, 0.3) is 0 Å². The third-order valence-electron chi connectivity index (χ3n) is 3.31. The second-order valence-electron chi connectivity index (χ2n) is 4.86. The molecule has 2 rings (SSSR count). The van der Waals surface area contributed by atoms with Gasteiger partial charge in [0.05, 0.1) is 0 Å². The molecule has 0 bridgehead atoms. The van der Waals surface area contributed by atoms with Gasteiger partial charge >= 0.3 is 0 Å². The van der Waals surface area contributed by atoms with E-state index < -0.39 is 0 Å². The molecule has 1 aliphatic heterocycles. The molecule has 1 aliphatic rings. The molecule has 1 unspecified atom stereocenters. The van der Waals surface area contributed by atoms with Gasteiger partial charge in [-0.2, -0.15) is 0 Å². The van der Waals surface area contributed by atoms with Gasteiger partial charge in [0.1, 0.15) is 12.4 Å². The largest absolute Gasteiger partial charge is 0.492 e. The molecule has 1 fully saturated rings. The van der Waals surface area contributed by atoms with Gasteiger partial charge in [0, 0.05) is 12.6 Å². The van der Waals surface area contributed by atoms with Gasteiger partial charge in [0.2, 0.25) is 0 Å². The zero-order chi connectivity index (χ0) is 11.4. The van der Waals surface area contributed by atoms with Crippen LogP contribution in [-0.4, -0.2) is 30.6 Å². The van der Waals surface area contributed by atoms with Gasteiger partial charge in [-0.25, -0.2) is 0 Å². The Morgan fingerprint density at radius 3 is 2.75 bits per heavy atom. The Balaban J connectivity index is 1.78. The first-order chi connectivity index (χ1) is 7.75. The van der Waals surface area contributed by atoms with Crippen molar-refractivity contribution in [3.63, 3.8) is 0 Å². The van der Waals surface area contributed by atoms with E-state index in [0.29, 0.717) is 6.04 Å². The van der Waals surface area contributed by atoms with Crippen LogP contribution in [0.15, 0.2) is 30.3 Å². The van der Waals surface area contributed by atoms with E-state index in [2.05, 4.69) is 18.7 Å². The molecule has 0 aliphatic carbocycles. The third-order valence-corrected chi connectivity index (χ3v) is 3.31. The van der Waals surface area contributed by atoms with Crippen molar-refractivity contribution < 1.29 is 4.74 Å². The molecule has 1 aromatic rings. The molecule has 0 aromatic heterocycles. The Bertz CT molecular complexity index is 312. The summed E-state index contributed by atoms with van der Waals surface area (Å²) in [6, 6.07) is 10.6. The summed E-state index contributed by atoms with van der Waals surface area (Å²) in [6.45, 7) is 7.81. The Morgan fingerprint density at radius 1 is 1.38 bits per heavy atom. The van der Waals surface area contributed by atoms with Crippen molar-refractivity contribution in [1.29, 1.82) is 0 Å². The van der Waals surface area contributed by atoms with Gasteiger partial charge in [0.15, 0.2) is 0 Å². The third kappa shape index (κ3) is 2.99. The molecule has 0 amide bonds. The van der Waals surface area contributed by atoms with Crippen LogP contribution < -0.4 is 4.74 Å². The Kier molecular flexibility index (Phi) is 3.83. The van der Waals surface area contributed by atoms with Crippen molar-refractivity contribution >= 4 is 0 Å². The van der Waals surface area contributed by atoms with Crippen LogP contribution >= 0.6 is 0 Å². The highest BCUT2D eigenvalue weighted by molar-refractivity contribution is 5.20. The van der Waals surface area contributed by atoms with E-state index in [1.807, 2.05) is 30.3 Å². The summed E-state index contributed by atoms with van der Waals surface area (Å²) >= 11 is 0. The molecule has 1 heterocycles. The second kappa shape index (κ2) is 5.35. The zero-order valence-electron chi connectivity index (χ0n) is 10.2. The number of hydrogen-bond acceptors (Lipinski definition) is 2. The van der Waals surface area contributed by atoms with Crippen molar-refractivity contribution in [2.45, 2.75) is 26.3 Å². The molecule has 2 nitrogen and oxygen atoms in total. The summed E-state index contributed by atoms with van der Waals surface area (Å²) < 4.78 is 5.77. The summed E-state index contributed by atoms with van der Waals surface area (Å²) in [5.41, 5.74) is 0. The van der Waals surface area contributed by atoms with Crippen molar-refractivity contribution in [3.8, 4) is 5.75 Å². The topological polar surface area (TPSA) is 12.5 Å². The lowest BCUT2D eigenvalue weighted by Crippen LogP contribution is -2.35. The van der Waals surface area contributed by atoms with Crippen molar-refractivity contribution in [2.24, 2.45) is 5.92 Å². The average Bonchev–Trinajstić information content (AvgIpc) is 2.74. The van der Waals surface area contributed by atoms with E-state index >= 15 is 0 Å². The quantitative estimate of drug-likeness (QED) is 0.772. The van der Waals surface area contributed by atoms with E-state index in [4.69, 9.17) is 4.74 Å². The molecule has 2 atom stereocenters. The van der Waals surface area contributed by atoms with E-state index in [1.54, 1.807) is 0 Å². The Morgan fingerprint density at radius 2 is 2.12 bits per heavy atom. The van der Waals surface area contributed by atoms with Crippen molar-refractivity contribution in [1.82, 2.24) is 4.90 Å². The van der Waals surface area contributed by atoms with Crippen LogP contribution in [0.2, 0.25) is 0 Å². The molecule has 1 aromatic carbocycles. The van der Waals surface area contributed by atoms with Crippen LogP contribution in [0.25, 0.3) is 0 Å². The molecule has 16 heavy (non-hydrogen) atoms. The minimum absolute atomic E-state index is 0.519. The van der Waals surface area contributed by atoms with Crippen molar-refractivity contribution in [3.05, 3.63) is 30.3 Å². The summed E-state index contributed by atoms with van der Waals surface area (Å²) in [4.78, 5) is 2.52. The van der Waals surface area contributed by atoms with Crippen molar-refractivity contribution in [2.75, 3.05) is 19.7 Å². The summed E-state index contributed by atoms with van der Waals surface area (Å²) in [5.74, 6) is 1.82. The normalized spacial score (nSPS) is 23.2. The standard InChI is InChI=1S/C14H21NO/c1-12-8-9-15(10-12)13(2)11-16-14-6-4-3-5-7-14/h3-7,12-13H,8-11H2,1-2H3/t12-,13?/m0/s1. The maximum absolute atomic E-state index is 5.77. The lowest BCUT2D eigenvalue weighted by atomic mass is 10.2. The van der Waals surface area contributed by atoms with Crippen LogP contribution in [-0.2, 0) is 0 Å². The fourth-order valence-electron chi connectivity index (χ4n) is 2.21. The van der Waals surface area contributed by atoms with Gasteiger partial charge in [-0.05, 0) is 37.9 Å². The predicted octanol–water partition coefficient (Wildman–Crippen LogP) is 2.80. The van der Waals surface area contributed by atoms with E-state index in [-0.39, 0.29) is 0 Å². The van der Waals surface area contributed by atoms with E-state index in [1.165, 1.54) is 19.5 Å². The first kappa shape index (κ1) is 11.5. The lowest BCUT2D eigenvalue weighted by Gasteiger charge is -2.24. The molecule has 0 saturated carbocycles. The van der Waals surface area contributed by atoms with Crippen LogP contribution in [0.1, 0.15) is 20.3 Å². The molecule has 88 valence electrons. The SMILES string of the molecule is CC(COc1ccccc1)N1CC[C@H](C)C1.